The minimum Gasteiger partial charge on any atom is -0.322 e. The first kappa shape index (κ1) is 27.3. The molecule has 0 radical (unpaired) electrons. The number of halogens is 1. The molecule has 7 nitrogen and oxygen atoms in total. The molecule has 0 aliphatic heterocycles. The molecule has 0 spiro atoms. The fourth-order valence-corrected chi connectivity index (χ4v) is 3.82. The summed E-state index contributed by atoms with van der Waals surface area (Å²) in [6.45, 7) is 8.30. The van der Waals surface area contributed by atoms with Crippen molar-refractivity contribution in [3.8, 4) is 0 Å². The van der Waals surface area contributed by atoms with Crippen LogP contribution in [0.4, 0.5) is 5.69 Å². The molecule has 0 saturated carbocycles. The van der Waals surface area contributed by atoms with Gasteiger partial charge in [0.15, 0.2) is 5.11 Å². The lowest BCUT2D eigenvalue weighted by molar-refractivity contribution is 0.0934. The van der Waals surface area contributed by atoms with E-state index in [-0.39, 0.29) is 22.3 Å². The number of aryl methyl sites for hydroxylation is 1. The molecule has 0 fully saturated rings. The molecule has 3 aromatic carbocycles. The normalized spacial score (nSPS) is 10.8. The monoisotopic (exact) mass is 614 g/mol. The van der Waals surface area contributed by atoms with Gasteiger partial charge in [0.25, 0.3) is 17.7 Å². The zero-order valence-electron chi connectivity index (χ0n) is 20.4. The minimum atomic E-state index is -0.452. The number of anilines is 1. The molecule has 0 aliphatic carbocycles. The summed E-state index contributed by atoms with van der Waals surface area (Å²) in [5, 5.41) is 5.31. The van der Waals surface area contributed by atoms with Crippen LogP contribution >= 0.6 is 34.8 Å². The molecule has 0 aromatic heterocycles. The van der Waals surface area contributed by atoms with E-state index in [1.54, 1.807) is 48.5 Å². The molecule has 0 bridgehead atoms. The Kier molecular flexibility index (Phi) is 8.80. The average molecular weight is 615 g/mol. The minimum absolute atomic E-state index is 0.00947. The Balaban J connectivity index is 1.51. The molecule has 0 saturated heterocycles. The van der Waals surface area contributed by atoms with Crippen molar-refractivity contribution < 1.29 is 14.4 Å². The summed E-state index contributed by atoms with van der Waals surface area (Å²) in [4.78, 5) is 37.3. The molecule has 3 amide bonds. The highest BCUT2D eigenvalue weighted by molar-refractivity contribution is 14.1. The van der Waals surface area contributed by atoms with Crippen molar-refractivity contribution in [3.63, 3.8) is 0 Å². The van der Waals surface area contributed by atoms with Crippen molar-refractivity contribution in [2.45, 2.75) is 33.1 Å². The molecule has 0 atom stereocenters. The summed E-state index contributed by atoms with van der Waals surface area (Å²) in [5.74, 6) is -1.07. The Morgan fingerprint density at radius 1 is 0.750 bits per heavy atom. The standard InChI is InChI=1S/C27H27IN4O3S/c1-16-5-6-19(15-22(16)28)24(34)30-26(36)32-31-25(35)18-9-13-21(14-10-18)29-23(33)17-7-11-20(12-8-17)27(2,3)4/h5-15H,1-4H3,(H,29,33)(H,31,35)(H2,30,32,34,36). The van der Waals surface area contributed by atoms with E-state index in [1.807, 2.05) is 25.1 Å². The Morgan fingerprint density at radius 3 is 1.89 bits per heavy atom. The third-order valence-electron chi connectivity index (χ3n) is 5.37. The number of hydrogen-bond acceptors (Lipinski definition) is 4. The van der Waals surface area contributed by atoms with Crippen molar-refractivity contribution >= 4 is 63.3 Å². The van der Waals surface area contributed by atoms with Crippen LogP contribution in [0.3, 0.4) is 0 Å². The number of carbonyl (C=O) groups is 3. The maximum atomic E-state index is 12.5. The van der Waals surface area contributed by atoms with Gasteiger partial charge in [-0.25, -0.2) is 0 Å². The quantitative estimate of drug-likeness (QED) is 0.186. The lowest BCUT2D eigenvalue weighted by Crippen LogP contribution is -2.48. The van der Waals surface area contributed by atoms with Gasteiger partial charge in [-0.3, -0.25) is 30.6 Å². The van der Waals surface area contributed by atoms with Crippen LogP contribution in [0.2, 0.25) is 0 Å². The zero-order chi connectivity index (χ0) is 26.5. The van der Waals surface area contributed by atoms with Crippen molar-refractivity contribution in [1.29, 1.82) is 0 Å². The number of thiocarbonyl (C=S) groups is 1. The van der Waals surface area contributed by atoms with Crippen molar-refractivity contribution in [2.75, 3.05) is 5.32 Å². The summed E-state index contributed by atoms with van der Waals surface area (Å²) in [5.41, 5.74) is 9.10. The Bertz CT molecular complexity index is 1300. The van der Waals surface area contributed by atoms with Crippen LogP contribution in [0.25, 0.3) is 0 Å². The third-order valence-corrected chi connectivity index (χ3v) is 6.74. The molecule has 0 unspecified atom stereocenters. The van der Waals surface area contributed by atoms with E-state index in [2.05, 4.69) is 64.8 Å². The number of carbonyl (C=O) groups excluding carboxylic acids is 3. The summed E-state index contributed by atoms with van der Waals surface area (Å²) < 4.78 is 0.963. The summed E-state index contributed by atoms with van der Waals surface area (Å²) in [7, 11) is 0. The van der Waals surface area contributed by atoms with Gasteiger partial charge in [0.2, 0.25) is 0 Å². The highest BCUT2D eigenvalue weighted by atomic mass is 127. The Morgan fingerprint density at radius 2 is 1.31 bits per heavy atom. The highest BCUT2D eigenvalue weighted by Crippen LogP contribution is 2.22. The van der Waals surface area contributed by atoms with Crippen LogP contribution in [0.15, 0.2) is 66.7 Å². The number of amides is 3. The Labute approximate surface area is 229 Å². The van der Waals surface area contributed by atoms with Gasteiger partial charge in [-0.1, -0.05) is 39.0 Å². The van der Waals surface area contributed by atoms with Gasteiger partial charge in [0.05, 0.1) is 0 Å². The molecule has 3 aromatic rings. The van der Waals surface area contributed by atoms with E-state index in [1.165, 1.54) is 0 Å². The maximum Gasteiger partial charge on any atom is 0.269 e. The molecule has 36 heavy (non-hydrogen) atoms. The lowest BCUT2D eigenvalue weighted by atomic mass is 9.87. The number of nitrogens with one attached hydrogen (secondary N) is 4. The Hall–Kier alpha value is -3.31. The fraction of sp³-hybridized carbons (Fsp3) is 0.185. The second-order valence-electron chi connectivity index (χ2n) is 9.19. The largest absolute Gasteiger partial charge is 0.322 e. The molecular formula is C27H27IN4O3S. The van der Waals surface area contributed by atoms with Crippen molar-refractivity contribution in [1.82, 2.24) is 16.2 Å². The van der Waals surface area contributed by atoms with Crippen LogP contribution < -0.4 is 21.5 Å². The summed E-state index contributed by atoms with van der Waals surface area (Å²) >= 11 is 7.25. The van der Waals surface area contributed by atoms with Gasteiger partial charge in [0, 0.05) is 25.9 Å². The van der Waals surface area contributed by atoms with Gasteiger partial charge in [0.1, 0.15) is 0 Å². The highest BCUT2D eigenvalue weighted by Gasteiger charge is 2.15. The first-order valence-corrected chi connectivity index (χ1v) is 12.6. The van der Waals surface area contributed by atoms with Gasteiger partial charge >= 0.3 is 0 Å². The smallest absolute Gasteiger partial charge is 0.269 e. The van der Waals surface area contributed by atoms with Crippen LogP contribution in [0, 0.1) is 10.5 Å². The van der Waals surface area contributed by atoms with Crippen molar-refractivity contribution in [3.05, 3.63) is 98.1 Å². The van der Waals surface area contributed by atoms with E-state index >= 15 is 0 Å². The zero-order valence-corrected chi connectivity index (χ0v) is 23.3. The summed E-state index contributed by atoms with van der Waals surface area (Å²) in [6.07, 6.45) is 0. The predicted octanol–water partition coefficient (Wildman–Crippen LogP) is 5.10. The number of rotatable bonds is 4. The van der Waals surface area contributed by atoms with Gasteiger partial charge in [-0.05, 0) is 107 Å². The van der Waals surface area contributed by atoms with Gasteiger partial charge in [-0.2, -0.15) is 0 Å². The molecule has 0 aliphatic rings. The van der Waals surface area contributed by atoms with Crippen molar-refractivity contribution in [2.24, 2.45) is 0 Å². The van der Waals surface area contributed by atoms with Crippen LogP contribution in [0.1, 0.15) is 63.0 Å². The predicted molar refractivity (Wildman–Crippen MR) is 154 cm³/mol. The molecule has 3 rings (SSSR count). The second-order valence-corrected chi connectivity index (χ2v) is 10.8. The number of benzene rings is 3. The van der Waals surface area contributed by atoms with E-state index in [4.69, 9.17) is 12.2 Å². The molecule has 186 valence electrons. The number of hydrogen-bond donors (Lipinski definition) is 4. The fourth-order valence-electron chi connectivity index (χ4n) is 3.16. The third kappa shape index (κ3) is 7.34. The molecule has 4 N–H and O–H groups in total. The summed E-state index contributed by atoms with van der Waals surface area (Å²) in [6, 6.07) is 19.2. The molecule has 0 heterocycles. The van der Waals surface area contributed by atoms with Crippen LogP contribution in [-0.4, -0.2) is 22.8 Å². The first-order valence-electron chi connectivity index (χ1n) is 11.1. The van der Waals surface area contributed by atoms with E-state index < -0.39 is 5.91 Å². The molecular weight excluding hydrogens is 587 g/mol. The van der Waals surface area contributed by atoms with E-state index in [9.17, 15) is 14.4 Å². The van der Waals surface area contributed by atoms with Gasteiger partial charge in [-0.15, -0.1) is 0 Å². The first-order chi connectivity index (χ1) is 16.9. The van der Waals surface area contributed by atoms with Crippen LogP contribution in [-0.2, 0) is 5.41 Å². The SMILES string of the molecule is Cc1ccc(C(=O)NC(=S)NNC(=O)c2ccc(NC(=O)c3ccc(C(C)(C)C)cc3)cc2)cc1I. The van der Waals surface area contributed by atoms with E-state index in [0.717, 1.165) is 14.7 Å². The van der Waals surface area contributed by atoms with E-state index in [0.29, 0.717) is 22.4 Å². The lowest BCUT2D eigenvalue weighted by Gasteiger charge is -2.19. The molecule has 9 heteroatoms. The number of hydrazine groups is 1. The average Bonchev–Trinajstić information content (AvgIpc) is 2.84. The van der Waals surface area contributed by atoms with Gasteiger partial charge < -0.3 is 5.32 Å². The topological polar surface area (TPSA) is 99.3 Å². The maximum absolute atomic E-state index is 12.5. The van der Waals surface area contributed by atoms with Crippen LogP contribution in [0.5, 0.6) is 0 Å². The second kappa shape index (κ2) is 11.6.